The van der Waals surface area contributed by atoms with Gasteiger partial charge in [0.25, 0.3) is 0 Å². The Morgan fingerprint density at radius 3 is 2.82 bits per heavy atom. The van der Waals surface area contributed by atoms with Crippen LogP contribution in [0.5, 0.6) is 0 Å². The number of rotatable bonds is 6. The van der Waals surface area contributed by atoms with Gasteiger partial charge in [0.15, 0.2) is 0 Å². The standard InChI is InChI=1S/C15H17FN2O3S/c1-3-21-15(20)14-9(7-18-8-12(19)17-2)13-10(16)5-4-6-11(13)22-14/h4-6,18H,3,7-8H2,1-2H3,(H,17,19). The van der Waals surface area contributed by atoms with E-state index in [0.29, 0.717) is 20.5 Å². The summed E-state index contributed by atoms with van der Waals surface area (Å²) in [5.74, 6) is -1.04. The van der Waals surface area contributed by atoms with Crippen LogP contribution in [0.2, 0.25) is 0 Å². The Morgan fingerprint density at radius 2 is 2.14 bits per heavy atom. The molecule has 0 aliphatic carbocycles. The summed E-state index contributed by atoms with van der Waals surface area (Å²) in [7, 11) is 1.54. The van der Waals surface area contributed by atoms with Gasteiger partial charge in [-0.25, -0.2) is 9.18 Å². The molecule has 2 N–H and O–H groups in total. The monoisotopic (exact) mass is 324 g/mol. The van der Waals surface area contributed by atoms with E-state index in [0.717, 1.165) is 0 Å². The van der Waals surface area contributed by atoms with Crippen LogP contribution < -0.4 is 10.6 Å². The van der Waals surface area contributed by atoms with E-state index in [9.17, 15) is 14.0 Å². The normalized spacial score (nSPS) is 10.7. The molecule has 118 valence electrons. The lowest BCUT2D eigenvalue weighted by Gasteiger charge is -2.07. The highest BCUT2D eigenvalue weighted by Crippen LogP contribution is 2.33. The summed E-state index contributed by atoms with van der Waals surface area (Å²) in [6, 6.07) is 4.71. The zero-order chi connectivity index (χ0) is 16.1. The Bertz CT molecular complexity index is 699. The number of hydrogen-bond donors (Lipinski definition) is 2. The van der Waals surface area contributed by atoms with Crippen LogP contribution in [-0.2, 0) is 16.1 Å². The number of ether oxygens (including phenoxy) is 1. The molecule has 1 aromatic carbocycles. The summed E-state index contributed by atoms with van der Waals surface area (Å²) < 4.78 is 19.8. The summed E-state index contributed by atoms with van der Waals surface area (Å²) in [6.07, 6.45) is 0. The molecule has 1 heterocycles. The number of hydrogen-bond acceptors (Lipinski definition) is 5. The first-order valence-corrected chi connectivity index (χ1v) is 7.68. The van der Waals surface area contributed by atoms with E-state index >= 15 is 0 Å². The molecule has 0 atom stereocenters. The van der Waals surface area contributed by atoms with Crippen molar-refractivity contribution in [3.05, 3.63) is 34.5 Å². The van der Waals surface area contributed by atoms with Crippen LogP contribution in [0.1, 0.15) is 22.2 Å². The number of thiophene rings is 1. The van der Waals surface area contributed by atoms with Crippen molar-refractivity contribution < 1.29 is 18.7 Å². The van der Waals surface area contributed by atoms with Crippen molar-refractivity contribution in [1.82, 2.24) is 10.6 Å². The molecule has 0 aliphatic rings. The maximum atomic E-state index is 14.1. The Labute approximate surface area is 131 Å². The maximum Gasteiger partial charge on any atom is 0.348 e. The van der Waals surface area contributed by atoms with Gasteiger partial charge in [-0.1, -0.05) is 6.07 Å². The zero-order valence-corrected chi connectivity index (χ0v) is 13.2. The Balaban J connectivity index is 2.36. The highest BCUT2D eigenvalue weighted by molar-refractivity contribution is 7.21. The van der Waals surface area contributed by atoms with Gasteiger partial charge < -0.3 is 15.4 Å². The summed E-state index contributed by atoms with van der Waals surface area (Å²) in [5.41, 5.74) is 0.528. The average molecular weight is 324 g/mol. The Morgan fingerprint density at radius 1 is 1.36 bits per heavy atom. The molecule has 2 rings (SSSR count). The minimum absolute atomic E-state index is 0.0879. The predicted octanol–water partition coefficient (Wildman–Crippen LogP) is 2.05. The highest BCUT2D eigenvalue weighted by atomic mass is 32.1. The molecular weight excluding hydrogens is 307 g/mol. The number of carbonyl (C=O) groups is 2. The Kier molecular flexibility index (Phi) is 5.46. The van der Waals surface area contributed by atoms with Crippen molar-refractivity contribution >= 4 is 33.3 Å². The molecule has 0 radical (unpaired) electrons. The van der Waals surface area contributed by atoms with E-state index in [1.54, 1.807) is 19.1 Å². The quantitative estimate of drug-likeness (QED) is 0.798. The number of fused-ring (bicyclic) bond motifs is 1. The molecule has 1 aromatic heterocycles. The zero-order valence-electron chi connectivity index (χ0n) is 12.4. The third-order valence-electron chi connectivity index (χ3n) is 3.09. The fourth-order valence-corrected chi connectivity index (χ4v) is 3.22. The van der Waals surface area contributed by atoms with Gasteiger partial charge in [-0.05, 0) is 19.1 Å². The molecule has 0 saturated carbocycles. The molecular formula is C15H17FN2O3S. The number of halogens is 1. The van der Waals surface area contributed by atoms with Crippen molar-refractivity contribution in [3.63, 3.8) is 0 Å². The van der Waals surface area contributed by atoms with Gasteiger partial charge >= 0.3 is 5.97 Å². The molecule has 0 spiro atoms. The topological polar surface area (TPSA) is 67.4 Å². The van der Waals surface area contributed by atoms with Crippen LogP contribution in [0.3, 0.4) is 0 Å². The summed E-state index contributed by atoms with van der Waals surface area (Å²) in [4.78, 5) is 23.7. The van der Waals surface area contributed by atoms with Crippen molar-refractivity contribution in [3.8, 4) is 0 Å². The minimum Gasteiger partial charge on any atom is -0.462 e. The minimum atomic E-state index is -0.472. The number of benzene rings is 1. The van der Waals surface area contributed by atoms with E-state index in [1.165, 1.54) is 24.5 Å². The van der Waals surface area contributed by atoms with Gasteiger partial charge in [0.2, 0.25) is 5.91 Å². The first-order chi connectivity index (χ1) is 10.6. The maximum absolute atomic E-state index is 14.1. The number of nitrogens with one attached hydrogen (secondary N) is 2. The fraction of sp³-hybridized carbons (Fsp3) is 0.333. The lowest BCUT2D eigenvalue weighted by molar-refractivity contribution is -0.119. The van der Waals surface area contributed by atoms with Crippen molar-refractivity contribution in [2.24, 2.45) is 0 Å². The van der Waals surface area contributed by atoms with Crippen LogP contribution in [0.4, 0.5) is 4.39 Å². The van der Waals surface area contributed by atoms with Gasteiger partial charge in [-0.15, -0.1) is 11.3 Å². The highest BCUT2D eigenvalue weighted by Gasteiger charge is 2.21. The predicted molar refractivity (Wildman–Crippen MR) is 83.5 cm³/mol. The Hall–Kier alpha value is -1.99. The van der Waals surface area contributed by atoms with Gasteiger partial charge in [0.1, 0.15) is 10.7 Å². The summed E-state index contributed by atoms with van der Waals surface area (Å²) in [6.45, 7) is 2.27. The first kappa shape index (κ1) is 16.4. The van der Waals surface area contributed by atoms with Crippen LogP contribution >= 0.6 is 11.3 Å². The van der Waals surface area contributed by atoms with Gasteiger partial charge in [0.05, 0.1) is 13.2 Å². The molecule has 0 unspecified atom stereocenters. The lowest BCUT2D eigenvalue weighted by Crippen LogP contribution is -2.31. The molecule has 1 amide bonds. The second-order valence-corrected chi connectivity index (χ2v) is 5.57. The summed E-state index contributed by atoms with van der Waals surface area (Å²) >= 11 is 1.20. The van der Waals surface area contributed by atoms with E-state index in [-0.39, 0.29) is 31.4 Å². The van der Waals surface area contributed by atoms with Gasteiger partial charge in [0, 0.05) is 29.2 Å². The smallest absolute Gasteiger partial charge is 0.348 e. The molecule has 0 fully saturated rings. The van der Waals surface area contributed by atoms with E-state index in [2.05, 4.69) is 10.6 Å². The lowest BCUT2D eigenvalue weighted by atomic mass is 10.1. The van der Waals surface area contributed by atoms with Crippen LogP contribution in [0.15, 0.2) is 18.2 Å². The SMILES string of the molecule is CCOC(=O)c1sc2cccc(F)c2c1CNCC(=O)NC. The van der Waals surface area contributed by atoms with E-state index in [1.807, 2.05) is 0 Å². The van der Waals surface area contributed by atoms with E-state index < -0.39 is 5.97 Å². The van der Waals surface area contributed by atoms with Gasteiger partial charge in [-0.3, -0.25) is 4.79 Å². The number of likely N-dealkylation sites (N-methyl/N-ethyl adjacent to an activating group) is 1. The van der Waals surface area contributed by atoms with Crippen LogP contribution in [0, 0.1) is 5.82 Å². The summed E-state index contributed by atoms with van der Waals surface area (Å²) in [5, 5.41) is 5.80. The first-order valence-electron chi connectivity index (χ1n) is 6.86. The average Bonchev–Trinajstić information content (AvgIpc) is 2.87. The molecule has 0 saturated heterocycles. The van der Waals surface area contributed by atoms with Gasteiger partial charge in [-0.2, -0.15) is 0 Å². The largest absolute Gasteiger partial charge is 0.462 e. The number of carbonyl (C=O) groups excluding carboxylic acids is 2. The molecule has 2 aromatic rings. The fourth-order valence-electron chi connectivity index (χ4n) is 2.09. The molecule has 22 heavy (non-hydrogen) atoms. The molecule has 0 bridgehead atoms. The van der Waals surface area contributed by atoms with Crippen LogP contribution in [-0.4, -0.2) is 32.1 Å². The van der Waals surface area contributed by atoms with E-state index in [4.69, 9.17) is 4.74 Å². The van der Waals surface area contributed by atoms with Crippen molar-refractivity contribution in [2.75, 3.05) is 20.2 Å². The third kappa shape index (κ3) is 3.42. The molecule has 5 nitrogen and oxygen atoms in total. The second-order valence-electron chi connectivity index (χ2n) is 4.52. The molecule has 7 heteroatoms. The number of esters is 1. The second kappa shape index (κ2) is 7.33. The van der Waals surface area contributed by atoms with Crippen LogP contribution in [0.25, 0.3) is 10.1 Å². The van der Waals surface area contributed by atoms with Crippen molar-refractivity contribution in [2.45, 2.75) is 13.5 Å². The van der Waals surface area contributed by atoms with Crippen molar-refractivity contribution in [1.29, 1.82) is 0 Å². The molecule has 0 aliphatic heterocycles. The third-order valence-corrected chi connectivity index (χ3v) is 4.27. The number of amides is 1.